The fourth-order valence-corrected chi connectivity index (χ4v) is 4.13. The van der Waals surface area contributed by atoms with E-state index in [1.54, 1.807) is 18.7 Å². The van der Waals surface area contributed by atoms with Gasteiger partial charge in [0.1, 0.15) is 18.4 Å². The molecule has 192 valence electrons. The van der Waals surface area contributed by atoms with Crippen molar-refractivity contribution in [1.82, 2.24) is 30.3 Å². The Bertz CT molecular complexity index is 1240. The molecule has 2 heterocycles. The first-order valence-electron chi connectivity index (χ1n) is 11.7. The maximum atomic E-state index is 12.3. The lowest BCUT2D eigenvalue weighted by molar-refractivity contribution is -0.274. The first kappa shape index (κ1) is 25.8. The topological polar surface area (TPSA) is 92.7 Å². The molecule has 4 rings (SSSR count). The number of benzene rings is 2. The average molecular weight is 522 g/mol. The third kappa shape index (κ3) is 7.34. The predicted molar refractivity (Wildman–Crippen MR) is 132 cm³/mol. The van der Waals surface area contributed by atoms with Crippen molar-refractivity contribution >= 4 is 28.2 Å². The Labute approximate surface area is 211 Å². The molecule has 12 heteroatoms. The summed E-state index contributed by atoms with van der Waals surface area (Å²) in [5.74, 6) is -0.389. The zero-order valence-electron chi connectivity index (χ0n) is 19.5. The normalized spacial score (nSPS) is 11.8. The second-order valence-corrected chi connectivity index (χ2v) is 8.78. The van der Waals surface area contributed by atoms with E-state index in [-0.39, 0.29) is 10.8 Å². The molecule has 8 nitrogen and oxygen atoms in total. The summed E-state index contributed by atoms with van der Waals surface area (Å²) >= 11 is 5.88. The zero-order chi connectivity index (χ0) is 25.4. The number of fused-ring (bicyclic) bond motifs is 1. The first-order chi connectivity index (χ1) is 17.4. The molecule has 36 heavy (non-hydrogen) atoms. The molecule has 2 aromatic heterocycles. The van der Waals surface area contributed by atoms with Crippen molar-refractivity contribution in [2.45, 2.75) is 45.0 Å². The Morgan fingerprint density at radius 1 is 0.972 bits per heavy atom. The van der Waals surface area contributed by atoms with Crippen LogP contribution in [0.25, 0.3) is 16.6 Å². The molecule has 0 spiro atoms. The molecule has 0 saturated carbocycles. The molecule has 0 unspecified atom stereocenters. The van der Waals surface area contributed by atoms with Crippen molar-refractivity contribution in [3.8, 4) is 11.4 Å². The third-order valence-electron chi connectivity index (χ3n) is 5.66. The minimum absolute atomic E-state index is 0.0563. The van der Waals surface area contributed by atoms with Crippen LogP contribution in [0, 0.1) is 0 Å². The molecule has 0 bridgehead atoms. The maximum absolute atomic E-state index is 12.3. The number of rotatable bonds is 13. The number of nitrogens with one attached hydrogen (secondary N) is 3. The van der Waals surface area contributed by atoms with Gasteiger partial charge in [-0.2, -0.15) is 5.10 Å². The summed E-state index contributed by atoms with van der Waals surface area (Å²) in [6.45, 7) is 2.22. The van der Waals surface area contributed by atoms with Gasteiger partial charge in [0.05, 0.1) is 22.4 Å². The van der Waals surface area contributed by atoms with Gasteiger partial charge in [0.25, 0.3) is 0 Å². The van der Waals surface area contributed by atoms with Crippen molar-refractivity contribution in [1.29, 1.82) is 0 Å². The molecular formula is C24H27ClF3N7O. The van der Waals surface area contributed by atoms with Gasteiger partial charge >= 0.3 is 6.36 Å². The maximum Gasteiger partial charge on any atom is 0.573 e. The quantitative estimate of drug-likeness (QED) is 0.191. The second kappa shape index (κ2) is 12.1. The number of aromatic nitrogens is 5. The van der Waals surface area contributed by atoms with Crippen LogP contribution >= 0.6 is 11.6 Å². The first-order valence-corrected chi connectivity index (χ1v) is 12.1. The van der Waals surface area contributed by atoms with E-state index in [0.717, 1.165) is 73.0 Å². The molecule has 4 aromatic rings. The fraction of sp³-hybridized carbons (Fsp3) is 0.375. The van der Waals surface area contributed by atoms with Crippen LogP contribution in [0.4, 0.5) is 18.9 Å². The number of alkyl halides is 3. The number of nitrogens with zero attached hydrogens (tertiary/aromatic N) is 4. The lowest BCUT2D eigenvalue weighted by Crippen LogP contribution is -2.18. The monoisotopic (exact) mass is 521 g/mol. The molecule has 2 aromatic carbocycles. The molecule has 0 saturated heterocycles. The van der Waals surface area contributed by atoms with E-state index in [4.69, 9.17) is 11.6 Å². The standard InChI is InChI=1S/C24H27ClF3N7O/c25-20-10-17(6-7-23(20)36-24(26,27)28)13-29-8-4-2-1-3-5-9-30-21-11-18(35-15-32-33-16-35)12-22-19(21)14-31-34-22/h6-7,10-12,14-16,29-30H,1-5,8-9,13H2,(H,31,34). The number of ether oxygens (including phenoxy) is 1. The van der Waals surface area contributed by atoms with Crippen LogP contribution in [0.3, 0.4) is 0 Å². The van der Waals surface area contributed by atoms with Gasteiger partial charge in [0, 0.05) is 24.2 Å². The van der Waals surface area contributed by atoms with Gasteiger partial charge in [-0.25, -0.2) is 0 Å². The van der Waals surface area contributed by atoms with E-state index < -0.39 is 6.36 Å². The van der Waals surface area contributed by atoms with Crippen LogP contribution in [-0.2, 0) is 6.54 Å². The fourth-order valence-electron chi connectivity index (χ4n) is 3.89. The van der Waals surface area contributed by atoms with Crippen LogP contribution in [0.5, 0.6) is 5.75 Å². The van der Waals surface area contributed by atoms with Gasteiger partial charge in [-0.05, 0) is 49.2 Å². The predicted octanol–water partition coefficient (Wildman–Crippen LogP) is 5.85. The van der Waals surface area contributed by atoms with Crippen molar-refractivity contribution in [2.24, 2.45) is 0 Å². The van der Waals surface area contributed by atoms with E-state index >= 15 is 0 Å². The number of anilines is 1. The van der Waals surface area contributed by atoms with Crippen LogP contribution in [-0.4, -0.2) is 44.4 Å². The largest absolute Gasteiger partial charge is 0.573 e. The number of H-pyrrole nitrogens is 1. The second-order valence-electron chi connectivity index (χ2n) is 8.38. The number of hydrogen-bond donors (Lipinski definition) is 3. The Morgan fingerprint density at radius 2 is 1.72 bits per heavy atom. The average Bonchev–Trinajstić information content (AvgIpc) is 3.53. The van der Waals surface area contributed by atoms with Crippen molar-refractivity contribution < 1.29 is 17.9 Å². The van der Waals surface area contributed by atoms with E-state index in [1.807, 2.05) is 16.8 Å². The Hall–Kier alpha value is -3.31. The lowest BCUT2D eigenvalue weighted by Gasteiger charge is -2.12. The van der Waals surface area contributed by atoms with Gasteiger partial charge in [0.15, 0.2) is 0 Å². The molecule has 0 aliphatic rings. The Morgan fingerprint density at radius 3 is 2.47 bits per heavy atom. The Kier molecular flexibility index (Phi) is 8.65. The van der Waals surface area contributed by atoms with Crippen LogP contribution in [0.1, 0.15) is 37.7 Å². The summed E-state index contributed by atoms with van der Waals surface area (Å²) in [6, 6.07) is 8.38. The molecule has 0 fully saturated rings. The molecule has 0 atom stereocenters. The summed E-state index contributed by atoms with van der Waals surface area (Å²) in [4.78, 5) is 0. The van der Waals surface area contributed by atoms with Crippen LogP contribution in [0.15, 0.2) is 49.2 Å². The zero-order valence-corrected chi connectivity index (χ0v) is 20.2. The lowest BCUT2D eigenvalue weighted by atomic mass is 10.1. The molecule has 0 amide bonds. The minimum atomic E-state index is -4.75. The summed E-state index contributed by atoms with van der Waals surface area (Å²) in [7, 11) is 0. The number of halogens is 4. The van der Waals surface area contributed by atoms with Crippen LogP contribution in [0.2, 0.25) is 5.02 Å². The van der Waals surface area contributed by atoms with E-state index in [9.17, 15) is 13.2 Å². The van der Waals surface area contributed by atoms with Crippen molar-refractivity contribution in [2.75, 3.05) is 18.4 Å². The van der Waals surface area contributed by atoms with E-state index in [2.05, 4.69) is 41.8 Å². The van der Waals surface area contributed by atoms with E-state index in [1.165, 1.54) is 12.1 Å². The highest BCUT2D eigenvalue weighted by atomic mass is 35.5. The highest BCUT2D eigenvalue weighted by Crippen LogP contribution is 2.30. The summed E-state index contributed by atoms with van der Waals surface area (Å²) in [5, 5.41) is 22.7. The highest BCUT2D eigenvalue weighted by Gasteiger charge is 2.32. The highest BCUT2D eigenvalue weighted by molar-refractivity contribution is 6.32. The number of aromatic amines is 1. The third-order valence-corrected chi connectivity index (χ3v) is 5.95. The van der Waals surface area contributed by atoms with Crippen LogP contribution < -0.4 is 15.4 Å². The number of unbranched alkanes of at least 4 members (excludes halogenated alkanes) is 4. The minimum Gasteiger partial charge on any atom is -0.404 e. The number of hydrogen-bond acceptors (Lipinski definition) is 6. The van der Waals surface area contributed by atoms with Crippen molar-refractivity contribution in [3.63, 3.8) is 0 Å². The summed E-state index contributed by atoms with van der Waals surface area (Å²) in [5.41, 5.74) is 3.73. The van der Waals surface area contributed by atoms with Crippen molar-refractivity contribution in [3.05, 3.63) is 59.8 Å². The molecular weight excluding hydrogens is 495 g/mol. The summed E-state index contributed by atoms with van der Waals surface area (Å²) in [6.07, 6.45) is 5.80. The molecule has 0 aliphatic heterocycles. The van der Waals surface area contributed by atoms with Gasteiger partial charge in [-0.1, -0.05) is 36.9 Å². The molecule has 3 N–H and O–H groups in total. The van der Waals surface area contributed by atoms with Gasteiger partial charge in [-0.15, -0.1) is 23.4 Å². The van der Waals surface area contributed by atoms with Gasteiger partial charge in [0.2, 0.25) is 0 Å². The molecule has 0 aliphatic carbocycles. The SMILES string of the molecule is FC(F)(F)Oc1ccc(CNCCCCCCCNc2cc(-n3cnnc3)cc3[nH]ncc23)cc1Cl. The molecule has 0 radical (unpaired) electrons. The smallest absolute Gasteiger partial charge is 0.404 e. The summed E-state index contributed by atoms with van der Waals surface area (Å²) < 4.78 is 42.7. The van der Waals surface area contributed by atoms with Gasteiger partial charge < -0.3 is 15.4 Å². The van der Waals surface area contributed by atoms with E-state index in [0.29, 0.717) is 6.54 Å². The van der Waals surface area contributed by atoms with Gasteiger partial charge in [-0.3, -0.25) is 9.67 Å². The Balaban J connectivity index is 1.10.